The van der Waals surface area contributed by atoms with E-state index in [4.69, 9.17) is 0 Å². The largest absolute Gasteiger partial charge is 0.480 e. The number of rotatable bonds is 5. The topological polar surface area (TPSA) is 70.4 Å². The Hall–Kier alpha value is -1.40. The minimum atomic E-state index is -0.729. The molecule has 2 atom stereocenters. The molecule has 0 aromatic carbocycles. The molecular weight excluding hydrogens is 268 g/mol. The Kier molecular flexibility index (Phi) is 3.99. The number of carboxylic acids is 1. The van der Waals surface area contributed by atoms with Gasteiger partial charge in [-0.15, -0.1) is 0 Å². The molecule has 0 spiro atoms. The van der Waals surface area contributed by atoms with E-state index in [-0.39, 0.29) is 0 Å². The molecule has 116 valence electrons. The number of carbonyl (C=O) groups is 1. The zero-order valence-corrected chi connectivity index (χ0v) is 12.6. The van der Waals surface area contributed by atoms with Gasteiger partial charge in [-0.25, -0.2) is 4.98 Å². The molecule has 1 aliphatic carbocycles. The Bertz CT molecular complexity index is 516. The maximum atomic E-state index is 11.7. The van der Waals surface area contributed by atoms with Crippen molar-refractivity contribution < 1.29 is 9.90 Å². The molecule has 2 unspecified atom stereocenters. The molecule has 0 amide bonds. The zero-order valence-electron chi connectivity index (χ0n) is 12.6. The monoisotopic (exact) mass is 292 g/mol. The average molecular weight is 292 g/mol. The van der Waals surface area contributed by atoms with Gasteiger partial charge in [0.2, 0.25) is 0 Å². The van der Waals surface area contributed by atoms with Crippen LogP contribution < -0.4 is 5.32 Å². The zero-order chi connectivity index (χ0) is 14.9. The SMILES string of the molecule is CCCNC1(C(=O)O)CCC(N2CCn3ccnc3C2)C1. The van der Waals surface area contributed by atoms with Crippen molar-refractivity contribution in [3.05, 3.63) is 18.2 Å². The molecule has 0 saturated heterocycles. The molecule has 1 saturated carbocycles. The fourth-order valence-electron chi connectivity index (χ4n) is 3.63. The summed E-state index contributed by atoms with van der Waals surface area (Å²) in [6, 6.07) is 0.343. The second kappa shape index (κ2) is 5.77. The molecule has 2 aliphatic rings. The standard InChI is InChI=1S/C15H24N4O2/c1-2-5-17-15(14(20)21)4-3-12(10-15)19-9-8-18-7-6-16-13(18)11-19/h6-7,12,17H,2-5,8-11H2,1H3,(H,20,21). The minimum Gasteiger partial charge on any atom is -0.480 e. The third-order valence-electron chi connectivity index (χ3n) is 4.90. The van der Waals surface area contributed by atoms with Gasteiger partial charge in [-0.2, -0.15) is 0 Å². The number of aliphatic carboxylic acids is 1. The molecule has 6 nitrogen and oxygen atoms in total. The fraction of sp³-hybridized carbons (Fsp3) is 0.733. The van der Waals surface area contributed by atoms with Crippen LogP contribution in [0.3, 0.4) is 0 Å². The quantitative estimate of drug-likeness (QED) is 0.849. The molecule has 1 aromatic heterocycles. The maximum absolute atomic E-state index is 11.7. The van der Waals surface area contributed by atoms with E-state index in [1.165, 1.54) is 0 Å². The highest BCUT2D eigenvalue weighted by Gasteiger charge is 2.46. The molecule has 1 aliphatic heterocycles. The summed E-state index contributed by atoms with van der Waals surface area (Å²) in [6.45, 7) is 5.61. The van der Waals surface area contributed by atoms with Crippen molar-refractivity contribution in [3.63, 3.8) is 0 Å². The lowest BCUT2D eigenvalue weighted by Gasteiger charge is -2.34. The average Bonchev–Trinajstić information content (AvgIpc) is 3.11. The number of hydrogen-bond donors (Lipinski definition) is 2. The van der Waals surface area contributed by atoms with Crippen LogP contribution in [0.1, 0.15) is 38.4 Å². The second-order valence-electron chi connectivity index (χ2n) is 6.22. The predicted molar refractivity (Wildman–Crippen MR) is 78.9 cm³/mol. The van der Waals surface area contributed by atoms with Crippen molar-refractivity contribution in [3.8, 4) is 0 Å². The van der Waals surface area contributed by atoms with Crippen molar-refractivity contribution in [2.75, 3.05) is 13.1 Å². The highest BCUT2D eigenvalue weighted by Crippen LogP contribution is 2.34. The highest BCUT2D eigenvalue weighted by molar-refractivity contribution is 5.79. The Balaban J connectivity index is 1.67. The minimum absolute atomic E-state index is 0.343. The summed E-state index contributed by atoms with van der Waals surface area (Å²) < 4.78 is 2.19. The Labute approximate surface area is 125 Å². The molecule has 2 N–H and O–H groups in total. The third kappa shape index (κ3) is 2.70. The lowest BCUT2D eigenvalue weighted by Crippen LogP contribution is -2.52. The van der Waals surface area contributed by atoms with Gasteiger partial charge in [-0.05, 0) is 32.2 Å². The summed E-state index contributed by atoms with van der Waals surface area (Å²) in [5.74, 6) is 0.396. The number of carboxylic acid groups (broad SMARTS) is 1. The number of imidazole rings is 1. The van der Waals surface area contributed by atoms with Crippen LogP contribution in [-0.4, -0.2) is 50.2 Å². The van der Waals surface area contributed by atoms with Crippen molar-refractivity contribution >= 4 is 5.97 Å². The van der Waals surface area contributed by atoms with Crippen LogP contribution in [0.2, 0.25) is 0 Å². The van der Waals surface area contributed by atoms with E-state index in [0.29, 0.717) is 12.5 Å². The Morgan fingerprint density at radius 3 is 3.19 bits per heavy atom. The predicted octanol–water partition coefficient (Wildman–Crippen LogP) is 1.07. The summed E-state index contributed by atoms with van der Waals surface area (Å²) in [5.41, 5.74) is -0.729. The highest BCUT2D eigenvalue weighted by atomic mass is 16.4. The molecule has 6 heteroatoms. The smallest absolute Gasteiger partial charge is 0.323 e. The van der Waals surface area contributed by atoms with Gasteiger partial charge >= 0.3 is 5.97 Å². The van der Waals surface area contributed by atoms with Gasteiger partial charge in [0.1, 0.15) is 11.4 Å². The van der Waals surface area contributed by atoms with Crippen molar-refractivity contribution in [1.82, 2.24) is 19.8 Å². The van der Waals surface area contributed by atoms with E-state index in [0.717, 1.165) is 51.3 Å². The van der Waals surface area contributed by atoms with Crippen molar-refractivity contribution in [2.24, 2.45) is 0 Å². The maximum Gasteiger partial charge on any atom is 0.323 e. The first-order chi connectivity index (χ1) is 10.1. The lowest BCUT2D eigenvalue weighted by atomic mass is 9.97. The van der Waals surface area contributed by atoms with E-state index < -0.39 is 11.5 Å². The molecule has 1 fully saturated rings. The van der Waals surface area contributed by atoms with Crippen LogP contribution in [0.25, 0.3) is 0 Å². The number of hydrogen-bond acceptors (Lipinski definition) is 4. The first-order valence-corrected chi connectivity index (χ1v) is 7.87. The second-order valence-corrected chi connectivity index (χ2v) is 6.22. The molecule has 0 radical (unpaired) electrons. The number of fused-ring (bicyclic) bond motifs is 1. The van der Waals surface area contributed by atoms with Crippen molar-refractivity contribution in [1.29, 1.82) is 0 Å². The Morgan fingerprint density at radius 1 is 1.57 bits per heavy atom. The lowest BCUT2D eigenvalue weighted by molar-refractivity contribution is -0.144. The number of aromatic nitrogens is 2. The summed E-state index contributed by atoms with van der Waals surface area (Å²) in [7, 11) is 0. The van der Waals surface area contributed by atoms with Gasteiger partial charge in [0.15, 0.2) is 0 Å². The van der Waals surface area contributed by atoms with Gasteiger partial charge in [0.25, 0.3) is 0 Å². The number of nitrogens with one attached hydrogen (secondary N) is 1. The van der Waals surface area contributed by atoms with Gasteiger partial charge in [-0.1, -0.05) is 6.92 Å². The van der Waals surface area contributed by atoms with E-state index >= 15 is 0 Å². The molecule has 2 heterocycles. The first kappa shape index (κ1) is 14.5. The van der Waals surface area contributed by atoms with Gasteiger partial charge in [0, 0.05) is 31.5 Å². The first-order valence-electron chi connectivity index (χ1n) is 7.87. The van der Waals surface area contributed by atoms with Crippen LogP contribution in [-0.2, 0) is 17.9 Å². The van der Waals surface area contributed by atoms with Crippen LogP contribution in [0.4, 0.5) is 0 Å². The summed E-state index contributed by atoms with van der Waals surface area (Å²) in [6.07, 6.45) is 7.19. The molecular formula is C15H24N4O2. The summed E-state index contributed by atoms with van der Waals surface area (Å²) in [5, 5.41) is 12.9. The number of nitrogens with zero attached hydrogens (tertiary/aromatic N) is 3. The fourth-order valence-corrected chi connectivity index (χ4v) is 3.63. The van der Waals surface area contributed by atoms with Gasteiger partial charge in [0.05, 0.1) is 6.54 Å². The van der Waals surface area contributed by atoms with E-state index in [1.54, 1.807) is 0 Å². The van der Waals surface area contributed by atoms with E-state index in [9.17, 15) is 9.90 Å². The third-order valence-corrected chi connectivity index (χ3v) is 4.90. The van der Waals surface area contributed by atoms with Gasteiger partial charge < -0.3 is 15.0 Å². The van der Waals surface area contributed by atoms with E-state index in [1.807, 2.05) is 12.4 Å². The summed E-state index contributed by atoms with van der Waals surface area (Å²) >= 11 is 0. The normalized spacial score (nSPS) is 29.5. The molecule has 3 rings (SSSR count). The Morgan fingerprint density at radius 2 is 2.43 bits per heavy atom. The van der Waals surface area contributed by atoms with E-state index in [2.05, 4.69) is 26.7 Å². The molecule has 21 heavy (non-hydrogen) atoms. The molecule has 1 aromatic rings. The molecule has 0 bridgehead atoms. The van der Waals surface area contributed by atoms with Crippen LogP contribution in [0.5, 0.6) is 0 Å². The van der Waals surface area contributed by atoms with Crippen LogP contribution in [0, 0.1) is 0 Å². The van der Waals surface area contributed by atoms with Crippen molar-refractivity contribution in [2.45, 2.75) is 57.3 Å². The van der Waals surface area contributed by atoms with Crippen LogP contribution in [0.15, 0.2) is 12.4 Å². The summed E-state index contributed by atoms with van der Waals surface area (Å²) in [4.78, 5) is 18.5. The van der Waals surface area contributed by atoms with Gasteiger partial charge in [-0.3, -0.25) is 9.69 Å². The van der Waals surface area contributed by atoms with Crippen LogP contribution >= 0.6 is 0 Å².